The maximum Gasteiger partial charge on any atom is 0.249 e. The molecule has 1 unspecified atom stereocenters. The predicted octanol–water partition coefficient (Wildman–Crippen LogP) is 2.53. The van der Waals surface area contributed by atoms with Crippen LogP contribution < -0.4 is 10.2 Å². The lowest BCUT2D eigenvalue weighted by Crippen LogP contribution is -2.44. The first-order valence-electron chi connectivity index (χ1n) is 6.50. The van der Waals surface area contributed by atoms with Gasteiger partial charge in [0, 0.05) is 18.7 Å². The summed E-state index contributed by atoms with van der Waals surface area (Å²) >= 11 is 3.12. The van der Waals surface area contributed by atoms with E-state index in [-0.39, 0.29) is 24.8 Å². The maximum absolute atomic E-state index is 13.7. The van der Waals surface area contributed by atoms with E-state index < -0.39 is 11.9 Å². The van der Waals surface area contributed by atoms with Crippen LogP contribution in [0.5, 0.6) is 0 Å². The van der Waals surface area contributed by atoms with Crippen LogP contribution >= 0.6 is 15.9 Å². The van der Waals surface area contributed by atoms with Gasteiger partial charge in [0.2, 0.25) is 11.8 Å². The molecule has 6 heteroatoms. The second-order valence-electron chi connectivity index (χ2n) is 4.82. The number of halogens is 2. The molecule has 0 bridgehead atoms. The van der Waals surface area contributed by atoms with Crippen LogP contribution in [-0.2, 0) is 9.59 Å². The van der Waals surface area contributed by atoms with Gasteiger partial charge >= 0.3 is 0 Å². The summed E-state index contributed by atoms with van der Waals surface area (Å²) in [5.74, 6) is -0.763. The summed E-state index contributed by atoms with van der Waals surface area (Å²) in [6.07, 6.45) is 0.735. The standard InChI is InChI=1S/C14H16BrFN2O2/c1-3-11-14(20)18(5-4-13(19)17-11)12-7-10(16)9(15)6-8(12)2/h6-7,11H,3-5H2,1-2H3,(H,17,19). The van der Waals surface area contributed by atoms with Crippen molar-refractivity contribution in [1.82, 2.24) is 5.32 Å². The number of nitrogens with one attached hydrogen (secondary N) is 1. The Morgan fingerprint density at radius 1 is 1.45 bits per heavy atom. The molecule has 1 aromatic carbocycles. The number of rotatable bonds is 2. The van der Waals surface area contributed by atoms with Gasteiger partial charge in [-0.1, -0.05) is 6.92 Å². The molecule has 2 rings (SSSR count). The van der Waals surface area contributed by atoms with Gasteiger partial charge in [0.1, 0.15) is 11.9 Å². The Hall–Kier alpha value is -1.43. The molecule has 1 atom stereocenters. The van der Waals surface area contributed by atoms with Crippen molar-refractivity contribution in [2.45, 2.75) is 32.7 Å². The first kappa shape index (κ1) is 15.0. The van der Waals surface area contributed by atoms with Crippen molar-refractivity contribution in [1.29, 1.82) is 0 Å². The number of carbonyl (C=O) groups is 2. The third-order valence-electron chi connectivity index (χ3n) is 3.40. The van der Waals surface area contributed by atoms with E-state index >= 15 is 0 Å². The lowest BCUT2D eigenvalue weighted by atomic mass is 10.1. The highest BCUT2D eigenvalue weighted by atomic mass is 79.9. The number of amides is 2. The number of carbonyl (C=O) groups excluding carboxylic acids is 2. The Bertz CT molecular complexity index is 562. The van der Waals surface area contributed by atoms with Gasteiger partial charge in [-0.05, 0) is 47.0 Å². The molecule has 0 saturated carbocycles. The van der Waals surface area contributed by atoms with Crippen LogP contribution in [0.25, 0.3) is 0 Å². The van der Waals surface area contributed by atoms with Crippen LogP contribution in [0, 0.1) is 12.7 Å². The zero-order valence-corrected chi connectivity index (χ0v) is 13.0. The quantitative estimate of drug-likeness (QED) is 0.897. The number of nitrogens with zero attached hydrogens (tertiary/aromatic N) is 1. The number of anilines is 1. The fourth-order valence-electron chi connectivity index (χ4n) is 2.28. The molecule has 20 heavy (non-hydrogen) atoms. The highest BCUT2D eigenvalue weighted by molar-refractivity contribution is 9.10. The largest absolute Gasteiger partial charge is 0.344 e. The number of hydrogen-bond acceptors (Lipinski definition) is 2. The van der Waals surface area contributed by atoms with Gasteiger partial charge in [0.25, 0.3) is 0 Å². The molecule has 2 amide bonds. The number of hydrogen-bond donors (Lipinski definition) is 1. The molecule has 1 fully saturated rings. The summed E-state index contributed by atoms with van der Waals surface area (Å²) in [6.45, 7) is 3.92. The number of aryl methyl sites for hydroxylation is 1. The molecule has 1 aliphatic rings. The van der Waals surface area contributed by atoms with Crippen molar-refractivity contribution in [3.8, 4) is 0 Å². The molecule has 108 valence electrons. The lowest BCUT2D eigenvalue weighted by molar-refractivity contribution is -0.125. The van der Waals surface area contributed by atoms with E-state index in [1.807, 2.05) is 13.8 Å². The Morgan fingerprint density at radius 2 is 2.15 bits per heavy atom. The molecule has 1 heterocycles. The second-order valence-corrected chi connectivity index (χ2v) is 5.68. The summed E-state index contributed by atoms with van der Waals surface area (Å²) in [4.78, 5) is 25.6. The average molecular weight is 343 g/mol. The summed E-state index contributed by atoms with van der Waals surface area (Å²) in [6, 6.07) is 2.43. The maximum atomic E-state index is 13.7. The first-order chi connectivity index (χ1) is 9.43. The molecule has 1 N–H and O–H groups in total. The zero-order chi connectivity index (χ0) is 14.9. The summed E-state index contributed by atoms with van der Waals surface area (Å²) in [5.41, 5.74) is 1.31. The van der Waals surface area contributed by atoms with E-state index in [4.69, 9.17) is 0 Å². The Balaban J connectivity index is 2.42. The smallest absolute Gasteiger partial charge is 0.249 e. The molecule has 0 aliphatic carbocycles. The average Bonchev–Trinajstić information content (AvgIpc) is 2.54. The van der Waals surface area contributed by atoms with E-state index in [0.29, 0.717) is 16.6 Å². The monoisotopic (exact) mass is 342 g/mol. The van der Waals surface area contributed by atoms with Crippen LogP contribution in [0.15, 0.2) is 16.6 Å². The molecule has 0 radical (unpaired) electrons. The van der Waals surface area contributed by atoms with Crippen molar-refractivity contribution in [2.75, 3.05) is 11.4 Å². The zero-order valence-electron chi connectivity index (χ0n) is 11.4. The predicted molar refractivity (Wildman–Crippen MR) is 78.0 cm³/mol. The van der Waals surface area contributed by atoms with Crippen LogP contribution in [0.3, 0.4) is 0 Å². The van der Waals surface area contributed by atoms with E-state index in [2.05, 4.69) is 21.2 Å². The Labute approximate surface area is 125 Å². The fraction of sp³-hybridized carbons (Fsp3) is 0.429. The minimum atomic E-state index is -0.545. The molecule has 1 saturated heterocycles. The van der Waals surface area contributed by atoms with Crippen LogP contribution in [0.4, 0.5) is 10.1 Å². The topological polar surface area (TPSA) is 49.4 Å². The normalized spacial score (nSPS) is 19.8. The van der Waals surface area contributed by atoms with E-state index in [9.17, 15) is 14.0 Å². The van der Waals surface area contributed by atoms with Gasteiger partial charge in [-0.15, -0.1) is 0 Å². The Morgan fingerprint density at radius 3 is 2.80 bits per heavy atom. The van der Waals surface area contributed by atoms with Crippen molar-refractivity contribution in [2.24, 2.45) is 0 Å². The second kappa shape index (κ2) is 5.91. The van der Waals surface area contributed by atoms with Crippen molar-refractivity contribution < 1.29 is 14.0 Å². The molecule has 1 aliphatic heterocycles. The minimum absolute atomic E-state index is 0.150. The van der Waals surface area contributed by atoms with E-state index in [0.717, 1.165) is 5.56 Å². The molecule has 0 spiro atoms. The van der Waals surface area contributed by atoms with E-state index in [1.54, 1.807) is 6.07 Å². The molecular weight excluding hydrogens is 327 g/mol. The molecular formula is C14H16BrFN2O2. The summed E-state index contributed by atoms with van der Waals surface area (Å²) in [5, 5.41) is 2.69. The van der Waals surface area contributed by atoms with Crippen molar-refractivity contribution in [3.63, 3.8) is 0 Å². The highest BCUT2D eigenvalue weighted by Gasteiger charge is 2.30. The van der Waals surface area contributed by atoms with Gasteiger partial charge in [-0.25, -0.2) is 4.39 Å². The van der Waals surface area contributed by atoms with E-state index in [1.165, 1.54) is 11.0 Å². The fourth-order valence-corrected chi connectivity index (χ4v) is 2.74. The van der Waals surface area contributed by atoms with Crippen LogP contribution in [0.1, 0.15) is 25.3 Å². The lowest BCUT2D eigenvalue weighted by Gasteiger charge is -2.25. The van der Waals surface area contributed by atoms with Gasteiger partial charge in [-0.2, -0.15) is 0 Å². The highest BCUT2D eigenvalue weighted by Crippen LogP contribution is 2.28. The summed E-state index contributed by atoms with van der Waals surface area (Å²) < 4.78 is 14.1. The third kappa shape index (κ3) is 2.85. The Kier molecular flexibility index (Phi) is 4.42. The van der Waals surface area contributed by atoms with Gasteiger partial charge in [0.05, 0.1) is 4.47 Å². The SMILES string of the molecule is CCC1NC(=O)CCN(c2cc(F)c(Br)cc2C)C1=O. The third-order valence-corrected chi connectivity index (χ3v) is 4.01. The molecule has 4 nitrogen and oxygen atoms in total. The van der Waals surface area contributed by atoms with Gasteiger partial charge in [-0.3, -0.25) is 9.59 Å². The summed E-state index contributed by atoms with van der Waals surface area (Å²) in [7, 11) is 0. The first-order valence-corrected chi connectivity index (χ1v) is 7.29. The number of benzene rings is 1. The van der Waals surface area contributed by atoms with Crippen LogP contribution in [-0.4, -0.2) is 24.4 Å². The van der Waals surface area contributed by atoms with Crippen LogP contribution in [0.2, 0.25) is 0 Å². The minimum Gasteiger partial charge on any atom is -0.344 e. The molecule has 1 aromatic rings. The van der Waals surface area contributed by atoms with Crippen molar-refractivity contribution >= 4 is 33.4 Å². The van der Waals surface area contributed by atoms with Gasteiger partial charge in [0.15, 0.2) is 0 Å². The van der Waals surface area contributed by atoms with Gasteiger partial charge < -0.3 is 10.2 Å². The molecule has 0 aromatic heterocycles. The van der Waals surface area contributed by atoms with Crippen molar-refractivity contribution in [3.05, 3.63) is 28.0 Å².